The monoisotopic (exact) mass is 1380 g/mol. The molecule has 6 atom stereocenters. The Kier molecular flexibility index (Phi) is 21.4. The van der Waals surface area contributed by atoms with Crippen LogP contribution in [0, 0.1) is 0 Å². The number of phenols is 1. The predicted octanol–water partition coefficient (Wildman–Crippen LogP) is 14.0. The molecule has 18 nitrogen and oxygen atoms in total. The SMILES string of the molecule is C.COc1ccc2cc1Oc1ccc(cc1)C[C@H]1c3cc(c(CO)cc3CCN1C)Oc1c(O)c(OC)cc3c1[C@H](C2)N(C)CC3.COc1ccc2cc1Oc1ccc(cc1)C[C@H]1c3cc(c(CO)cc3CCN1C)Oc1c(OCC3CO3)c(OC)cc3c1[C@H](C2)N(C)CC3.ClCC1CO1. The minimum absolute atomic E-state index is 0. The van der Waals surface area contributed by atoms with Crippen molar-refractivity contribution in [3.8, 4) is 80.5 Å². The largest absolute Gasteiger partial charge is 0.502 e. The molecule has 528 valence electrons. The molecule has 8 aromatic rings. The second-order valence-electron chi connectivity index (χ2n) is 27.1. The molecule has 10 aliphatic heterocycles. The maximum Gasteiger partial charge on any atom is 0.204 e. The fourth-order valence-corrected chi connectivity index (χ4v) is 15.1. The van der Waals surface area contributed by atoms with Gasteiger partial charge in [-0.2, -0.15) is 0 Å². The molecule has 0 aromatic heterocycles. The number of hydrogen-bond donors (Lipinski definition) is 3. The van der Waals surface area contributed by atoms with Crippen molar-refractivity contribution < 1.29 is 67.4 Å². The van der Waals surface area contributed by atoms with Gasteiger partial charge in [0.2, 0.25) is 11.5 Å². The van der Waals surface area contributed by atoms with Crippen LogP contribution in [0.4, 0.5) is 0 Å². The van der Waals surface area contributed by atoms with Crippen LogP contribution in [-0.4, -0.2) is 156 Å². The summed E-state index contributed by atoms with van der Waals surface area (Å²) in [6.07, 6.45) is 6.80. The summed E-state index contributed by atoms with van der Waals surface area (Å²) in [5.74, 6) is 8.53. The van der Waals surface area contributed by atoms with Gasteiger partial charge in [0, 0.05) is 72.6 Å². The fourth-order valence-electron chi connectivity index (χ4n) is 14.9. The maximum absolute atomic E-state index is 11.6. The molecule has 3 N–H and O–H groups in total. The van der Waals surface area contributed by atoms with Crippen molar-refractivity contribution in [2.24, 2.45) is 0 Å². The Bertz CT molecular complexity index is 4240. The van der Waals surface area contributed by atoms with Gasteiger partial charge in [-0.05, 0) is 220 Å². The number of aliphatic hydroxyl groups excluding tert-OH is 2. The molecule has 0 aliphatic carbocycles. The molecular formula is C81H93ClN4O14. The number of methoxy groups -OCH3 is 4. The number of aromatic hydroxyl groups is 1. The number of ether oxygens (including phenoxy) is 11. The average Bonchev–Trinajstić information content (AvgIpc) is 1.03. The van der Waals surface area contributed by atoms with Gasteiger partial charge in [0.05, 0.1) is 66.9 Å². The van der Waals surface area contributed by atoms with E-state index in [-0.39, 0.29) is 56.7 Å². The quantitative estimate of drug-likeness (QED) is 0.0868. The molecule has 2 unspecified atom stereocenters. The van der Waals surface area contributed by atoms with Gasteiger partial charge in [-0.25, -0.2) is 0 Å². The highest BCUT2D eigenvalue weighted by molar-refractivity contribution is 6.18. The number of halogens is 1. The molecule has 0 spiro atoms. The number of fused-ring (bicyclic) bond motifs is 4. The summed E-state index contributed by atoms with van der Waals surface area (Å²) in [4.78, 5) is 9.46. The number of likely N-dealkylation sites (N-methyl/N-ethyl adjacent to an activating group) is 4. The smallest absolute Gasteiger partial charge is 0.204 e. The Labute approximate surface area is 592 Å². The summed E-state index contributed by atoms with van der Waals surface area (Å²) in [5, 5.41) is 32.8. The van der Waals surface area contributed by atoms with Gasteiger partial charge in [-0.15, -0.1) is 11.6 Å². The number of rotatable bonds is 10. The lowest BCUT2D eigenvalue weighted by molar-refractivity contribution is 0.213. The standard InChI is InChI=1S/C40H44N2O7.C37H40N2O6.C3H5ClO.CH4/c1-41-13-11-26-18-28(21-43)35-20-31(26)32(41)15-24-5-8-29(9-6-24)48-36-17-25(7-10-34(36)44-3)16-33-38-27(12-14-42(33)2)19-37(45-4)39(40(38)49-35)47-23-30-22-46-30;1-38-13-11-24-18-26(21-40)32-20-28(24)29(38)15-22-5-8-27(9-6-22)44-33-17-23(7-10-31(33)42-3)16-30-35-25(12-14-39(30)2)19-34(43-4)36(41)37(35)45-32;4-1-3-2-5-3;/h5-10,17-20,30,32-33,43H,11-16,21-23H2,1-4H3;5-10,17-20,29-30,40-41H,11-16,21H2,1-4H3;3H,1-2H2;1H4/t30?,32-,33-;29-,30-;;/m00../s1. The summed E-state index contributed by atoms with van der Waals surface area (Å²) in [7, 11) is 15.2. The molecule has 10 aliphatic rings. The van der Waals surface area contributed by atoms with E-state index in [1.165, 1.54) is 33.4 Å². The lowest BCUT2D eigenvalue weighted by atomic mass is 9.86. The van der Waals surface area contributed by atoms with Crippen LogP contribution in [0.2, 0.25) is 0 Å². The van der Waals surface area contributed by atoms with Gasteiger partial charge >= 0.3 is 0 Å². The highest BCUT2D eigenvalue weighted by atomic mass is 35.5. The van der Waals surface area contributed by atoms with Gasteiger partial charge in [0.25, 0.3) is 0 Å². The molecule has 0 amide bonds. The van der Waals surface area contributed by atoms with Gasteiger partial charge in [0.1, 0.15) is 35.7 Å². The molecule has 18 rings (SSSR count). The first-order valence-electron chi connectivity index (χ1n) is 34.4. The molecule has 100 heavy (non-hydrogen) atoms. The first kappa shape index (κ1) is 70.2. The number of aliphatic hydroxyl groups is 2. The van der Waals surface area contributed by atoms with Crippen molar-refractivity contribution in [3.05, 3.63) is 199 Å². The highest BCUT2D eigenvalue weighted by Gasteiger charge is 2.38. The van der Waals surface area contributed by atoms with Crippen LogP contribution in [-0.2, 0) is 74.1 Å². The van der Waals surface area contributed by atoms with Crippen LogP contribution in [0.1, 0.15) is 109 Å². The first-order valence-corrected chi connectivity index (χ1v) is 34.9. The number of alkyl halides is 1. The minimum Gasteiger partial charge on any atom is -0.502 e. The second-order valence-corrected chi connectivity index (χ2v) is 27.4. The molecule has 8 aromatic carbocycles. The van der Waals surface area contributed by atoms with E-state index in [0.29, 0.717) is 107 Å². The van der Waals surface area contributed by atoms with E-state index in [0.717, 1.165) is 122 Å². The lowest BCUT2D eigenvalue weighted by Gasteiger charge is -2.37. The minimum atomic E-state index is -0.171. The van der Waals surface area contributed by atoms with Crippen LogP contribution in [0.15, 0.2) is 121 Å². The Morgan fingerprint density at radius 1 is 0.440 bits per heavy atom. The van der Waals surface area contributed by atoms with Crippen LogP contribution in [0.3, 0.4) is 0 Å². The van der Waals surface area contributed by atoms with Gasteiger partial charge < -0.3 is 67.4 Å². The molecule has 10 heterocycles. The zero-order valence-corrected chi connectivity index (χ0v) is 58.5. The summed E-state index contributed by atoms with van der Waals surface area (Å²) >= 11 is 5.27. The highest BCUT2D eigenvalue weighted by Crippen LogP contribution is 2.54. The zero-order chi connectivity index (χ0) is 68.6. The number of hydrogen-bond acceptors (Lipinski definition) is 18. The number of benzene rings is 8. The van der Waals surface area contributed by atoms with E-state index < -0.39 is 0 Å². The first-order chi connectivity index (χ1) is 48.2. The van der Waals surface area contributed by atoms with Crippen LogP contribution in [0.25, 0.3) is 0 Å². The van der Waals surface area contributed by atoms with Crippen LogP contribution in [0.5, 0.6) is 80.5 Å². The summed E-state index contributed by atoms with van der Waals surface area (Å²) < 4.78 is 66.6. The average molecular weight is 1380 g/mol. The summed E-state index contributed by atoms with van der Waals surface area (Å²) in [6.45, 7) is 5.19. The lowest BCUT2D eigenvalue weighted by Crippen LogP contribution is -2.34. The number of epoxide rings is 2. The third kappa shape index (κ3) is 14.8. The van der Waals surface area contributed by atoms with Crippen molar-refractivity contribution >= 4 is 11.6 Å². The maximum atomic E-state index is 11.6. The Morgan fingerprint density at radius 3 is 1.26 bits per heavy atom. The molecule has 19 heteroatoms. The van der Waals surface area contributed by atoms with Crippen LogP contribution >= 0.6 is 11.6 Å². The summed E-state index contributed by atoms with van der Waals surface area (Å²) in [6, 6.07) is 41.4. The Hall–Kier alpha value is -8.27. The molecule has 12 bridgehead atoms. The zero-order valence-electron chi connectivity index (χ0n) is 57.7. The van der Waals surface area contributed by atoms with Gasteiger partial charge in [0.15, 0.2) is 46.0 Å². The van der Waals surface area contributed by atoms with E-state index in [9.17, 15) is 15.3 Å². The normalized spacial score (nSPS) is 21.0. The number of phenolic OH excluding ortho intramolecular Hbond substituents is 1. The van der Waals surface area contributed by atoms with E-state index in [4.69, 9.17) is 63.7 Å². The van der Waals surface area contributed by atoms with Crippen molar-refractivity contribution in [1.82, 2.24) is 19.6 Å². The topological polar surface area (TPSA) is 182 Å². The Balaban J connectivity index is 0.000000166. The molecule has 0 radical (unpaired) electrons. The summed E-state index contributed by atoms with van der Waals surface area (Å²) in [5.41, 5.74) is 15.1. The second kappa shape index (κ2) is 30.5. The molecule has 2 fully saturated rings. The molecular weight excluding hydrogens is 1290 g/mol. The molecule has 2 saturated heterocycles. The van der Waals surface area contributed by atoms with E-state index >= 15 is 0 Å². The van der Waals surface area contributed by atoms with E-state index in [1.54, 1.807) is 28.4 Å². The molecule has 0 saturated carbocycles. The van der Waals surface area contributed by atoms with Crippen molar-refractivity contribution in [2.75, 3.05) is 109 Å². The Morgan fingerprint density at radius 2 is 0.840 bits per heavy atom. The third-order valence-electron chi connectivity index (χ3n) is 20.8. The fraction of sp³-hybridized carbons (Fsp3) is 0.407. The van der Waals surface area contributed by atoms with Crippen LogP contribution < -0.4 is 42.6 Å². The van der Waals surface area contributed by atoms with Gasteiger partial charge in [-0.1, -0.05) is 43.8 Å². The van der Waals surface area contributed by atoms with Crippen molar-refractivity contribution in [1.29, 1.82) is 0 Å². The number of nitrogens with zero attached hydrogens (tertiary/aromatic N) is 4. The van der Waals surface area contributed by atoms with Gasteiger partial charge in [-0.3, -0.25) is 19.6 Å². The predicted molar refractivity (Wildman–Crippen MR) is 385 cm³/mol. The van der Waals surface area contributed by atoms with E-state index in [2.05, 4.69) is 121 Å². The van der Waals surface area contributed by atoms with Crippen molar-refractivity contribution in [3.63, 3.8) is 0 Å². The van der Waals surface area contributed by atoms with E-state index in [1.807, 2.05) is 48.5 Å². The third-order valence-corrected chi connectivity index (χ3v) is 21.2. The van der Waals surface area contributed by atoms with Crippen molar-refractivity contribution in [2.45, 2.75) is 108 Å².